The van der Waals surface area contributed by atoms with Gasteiger partial charge in [-0.15, -0.1) is 6.42 Å². The van der Waals surface area contributed by atoms with Gasteiger partial charge in [0.15, 0.2) is 24.5 Å². The zero-order valence-corrected chi connectivity index (χ0v) is 34.2. The highest BCUT2D eigenvalue weighted by atomic mass is 16.7. The molecule has 0 bridgehead atoms. The Balaban J connectivity index is 1.29. The predicted molar refractivity (Wildman–Crippen MR) is 217 cm³/mol. The Morgan fingerprint density at radius 3 is 2.48 bits per heavy atom. The highest BCUT2D eigenvalue weighted by molar-refractivity contribution is 6.06. The molecule has 60 heavy (non-hydrogen) atoms. The van der Waals surface area contributed by atoms with Crippen LogP contribution in [0, 0.1) is 19.3 Å². The van der Waals surface area contributed by atoms with Crippen molar-refractivity contribution in [3.05, 3.63) is 58.9 Å². The molecule has 0 spiro atoms. The molecule has 4 aromatic rings. The van der Waals surface area contributed by atoms with Gasteiger partial charge in [-0.1, -0.05) is 43.5 Å². The first-order chi connectivity index (χ1) is 28.8. The number of nitrogens with two attached hydrogens (primary N) is 1. The predicted octanol–water partition coefficient (Wildman–Crippen LogP) is 0.570. The van der Waals surface area contributed by atoms with Crippen molar-refractivity contribution >= 4 is 39.6 Å². The van der Waals surface area contributed by atoms with Gasteiger partial charge in [0, 0.05) is 51.6 Å². The largest absolute Gasteiger partial charge is 0.480 e. The van der Waals surface area contributed by atoms with Crippen molar-refractivity contribution in [3.8, 4) is 18.1 Å². The number of anilines is 1. The number of unbranched alkanes of at least 4 members (excludes halogenated alkanes) is 1. The third-order valence-electron chi connectivity index (χ3n) is 10.8. The number of nitrogens with one attached hydrogen (secondary N) is 2. The average molecular weight is 835 g/mol. The van der Waals surface area contributed by atoms with Crippen LogP contribution in [0.15, 0.2) is 36.4 Å². The molecule has 2 fully saturated rings. The zero-order valence-electron chi connectivity index (χ0n) is 34.2. The number of rotatable bonds is 16. The van der Waals surface area contributed by atoms with Crippen molar-refractivity contribution in [2.24, 2.45) is 0 Å². The summed E-state index contributed by atoms with van der Waals surface area (Å²) >= 11 is 0. The molecule has 2 aliphatic heterocycles. The molecule has 10 unspecified atom stereocenters. The number of carbonyl (C=O) groups is 2. The SMILES string of the molecule is C#CCOc1c(C)cc(Cn2c(CCCC)nc3c(N)nc4ccccc4c32)cc1CNC(=O)C1OC(OC2C(O)C(CO)OC(OC)C2NC(C)=O)C(O)C(O)C1OC. The second-order valence-electron chi connectivity index (χ2n) is 14.9. The molecule has 18 nitrogen and oxygen atoms in total. The van der Waals surface area contributed by atoms with E-state index in [9.17, 15) is 30.0 Å². The van der Waals surface area contributed by atoms with Crippen LogP contribution < -0.4 is 21.1 Å². The summed E-state index contributed by atoms with van der Waals surface area (Å²) < 4.78 is 36.6. The molecule has 8 N–H and O–H groups in total. The number of imidazole rings is 1. The van der Waals surface area contributed by atoms with Crippen LogP contribution in [0.25, 0.3) is 21.9 Å². The number of carbonyl (C=O) groups excluding carboxylic acids is 2. The van der Waals surface area contributed by atoms with E-state index in [4.69, 9.17) is 45.6 Å². The number of aromatic nitrogens is 3. The maximum Gasteiger partial charge on any atom is 0.252 e. The Morgan fingerprint density at radius 1 is 1.03 bits per heavy atom. The van der Waals surface area contributed by atoms with E-state index in [-0.39, 0.29) is 13.2 Å². The number of nitrogens with zero attached hydrogens (tertiary/aromatic N) is 3. The van der Waals surface area contributed by atoms with Gasteiger partial charge in [0.1, 0.15) is 66.4 Å². The van der Waals surface area contributed by atoms with Crippen LogP contribution in [0.4, 0.5) is 5.82 Å². The van der Waals surface area contributed by atoms with Crippen LogP contribution in [0.1, 0.15) is 49.2 Å². The molecule has 324 valence electrons. The minimum Gasteiger partial charge on any atom is -0.480 e. The second-order valence-corrected chi connectivity index (χ2v) is 14.9. The third kappa shape index (κ3) is 9.19. The normalized spacial score (nSPS) is 26.8. The molecule has 2 aromatic heterocycles. The summed E-state index contributed by atoms with van der Waals surface area (Å²) in [6.07, 6.45) is -5.34. The maximum atomic E-state index is 14.1. The molecular weight excluding hydrogens is 780 g/mol. The molecule has 0 radical (unpaired) electrons. The van der Waals surface area contributed by atoms with Crippen molar-refractivity contribution in [2.45, 2.75) is 114 Å². The number of hydrogen-bond donors (Lipinski definition) is 7. The number of nitrogen functional groups attached to an aromatic ring is 1. The summed E-state index contributed by atoms with van der Waals surface area (Å²) in [7, 11) is 2.54. The minimum atomic E-state index is -1.78. The Morgan fingerprint density at radius 2 is 1.80 bits per heavy atom. The Kier molecular flexibility index (Phi) is 14.6. The fourth-order valence-corrected chi connectivity index (χ4v) is 7.94. The number of hydrogen-bond acceptors (Lipinski definition) is 15. The summed E-state index contributed by atoms with van der Waals surface area (Å²) in [5.74, 6) is 2.89. The molecule has 6 rings (SSSR count). The summed E-state index contributed by atoms with van der Waals surface area (Å²) in [5.41, 5.74) is 10.9. The molecule has 4 heterocycles. The molecule has 2 aliphatic rings. The Labute approximate surface area is 347 Å². The van der Waals surface area contributed by atoms with Crippen LogP contribution in [0.3, 0.4) is 0 Å². The number of aliphatic hydroxyl groups excluding tert-OH is 4. The second kappa shape index (κ2) is 19.6. The molecule has 2 aromatic carbocycles. The van der Waals surface area contributed by atoms with Crippen LogP contribution in [-0.2, 0) is 52.8 Å². The summed E-state index contributed by atoms with van der Waals surface area (Å²) in [5, 5.41) is 49.7. The van der Waals surface area contributed by atoms with Crippen LogP contribution in [-0.4, -0.2) is 136 Å². The van der Waals surface area contributed by atoms with Crippen molar-refractivity contribution in [1.29, 1.82) is 0 Å². The smallest absolute Gasteiger partial charge is 0.252 e. The fourth-order valence-electron chi connectivity index (χ4n) is 7.94. The third-order valence-corrected chi connectivity index (χ3v) is 10.8. The van der Waals surface area contributed by atoms with E-state index in [0.717, 1.165) is 46.2 Å². The fraction of sp³-hybridized carbons (Fsp3) is 0.524. The van der Waals surface area contributed by atoms with Crippen molar-refractivity contribution in [2.75, 3.05) is 33.2 Å². The molecule has 0 saturated carbocycles. The van der Waals surface area contributed by atoms with Crippen LogP contribution >= 0.6 is 0 Å². The number of fused-ring (bicyclic) bond motifs is 3. The number of benzene rings is 2. The van der Waals surface area contributed by atoms with Gasteiger partial charge in [0.2, 0.25) is 5.91 Å². The van der Waals surface area contributed by atoms with Gasteiger partial charge in [-0.2, -0.15) is 0 Å². The molecule has 10 atom stereocenters. The van der Waals surface area contributed by atoms with Gasteiger partial charge in [-0.25, -0.2) is 9.97 Å². The summed E-state index contributed by atoms with van der Waals surface area (Å²) in [6.45, 7) is 4.86. The van der Waals surface area contributed by atoms with Gasteiger partial charge in [-0.05, 0) is 36.6 Å². The summed E-state index contributed by atoms with van der Waals surface area (Å²) in [6, 6.07) is 10.5. The van der Waals surface area contributed by atoms with Crippen LogP contribution in [0.5, 0.6) is 5.75 Å². The molecule has 2 amide bonds. The van der Waals surface area contributed by atoms with E-state index in [1.807, 2.05) is 43.3 Å². The topological polar surface area (TPSA) is 251 Å². The Hall–Kier alpha value is -4.94. The van der Waals surface area contributed by atoms with E-state index >= 15 is 0 Å². The van der Waals surface area contributed by atoms with Crippen molar-refractivity contribution < 1.29 is 58.4 Å². The maximum absolute atomic E-state index is 14.1. The lowest BCUT2D eigenvalue weighted by Gasteiger charge is -2.47. The van der Waals surface area contributed by atoms with E-state index < -0.39 is 79.8 Å². The summed E-state index contributed by atoms with van der Waals surface area (Å²) in [4.78, 5) is 35.8. The highest BCUT2D eigenvalue weighted by Gasteiger charge is 2.53. The lowest BCUT2D eigenvalue weighted by Crippen LogP contribution is -2.68. The highest BCUT2D eigenvalue weighted by Crippen LogP contribution is 2.34. The number of aryl methyl sites for hydroxylation is 2. The minimum absolute atomic E-state index is 0.0358. The number of amides is 2. The molecule has 0 aliphatic carbocycles. The van der Waals surface area contributed by atoms with Crippen LogP contribution in [0.2, 0.25) is 0 Å². The lowest BCUT2D eigenvalue weighted by molar-refractivity contribution is -0.338. The monoisotopic (exact) mass is 834 g/mol. The molecular formula is C42H54N6O12. The first-order valence-electron chi connectivity index (χ1n) is 19.8. The van der Waals surface area contributed by atoms with Crippen molar-refractivity contribution in [3.63, 3.8) is 0 Å². The number of methoxy groups -OCH3 is 2. The van der Waals surface area contributed by atoms with E-state index in [1.165, 1.54) is 21.1 Å². The number of pyridine rings is 1. The molecule has 18 heteroatoms. The number of ether oxygens (including phenoxy) is 6. The van der Waals surface area contributed by atoms with Gasteiger partial charge in [0.25, 0.3) is 5.91 Å². The van der Waals surface area contributed by atoms with Crippen molar-refractivity contribution in [1.82, 2.24) is 25.2 Å². The zero-order chi connectivity index (χ0) is 43.2. The van der Waals surface area contributed by atoms with E-state index in [1.54, 1.807) is 0 Å². The van der Waals surface area contributed by atoms with Gasteiger partial charge >= 0.3 is 0 Å². The van der Waals surface area contributed by atoms with E-state index in [0.29, 0.717) is 35.6 Å². The van der Waals surface area contributed by atoms with Gasteiger partial charge < -0.3 is 69.8 Å². The first kappa shape index (κ1) is 44.6. The number of para-hydroxylation sites is 1. The van der Waals surface area contributed by atoms with Gasteiger partial charge in [0.05, 0.1) is 17.6 Å². The standard InChI is InChI=1S/C42H54N6O12/c1-7-9-14-28-47-29-31(25-12-10-11-13-26(25)46-39(29)43)48(28)19-23-16-21(3)35(57-15-8-2)24(17-23)18-44-40(54)38-37(55-5)33(52)34(53)42(60-38)59-36-30(45-22(4)50)41(56-6)58-27(20-49)32(36)51/h2,10-13,16-17,27,30,32-34,36-38,41-42,49,51-53H,7,9,14-15,18-20H2,1,3-6H3,(H2,43,46)(H,44,54)(H,45,50). The average Bonchev–Trinajstić information content (AvgIpc) is 3.59. The Bertz CT molecular complexity index is 2190. The van der Waals surface area contributed by atoms with Gasteiger partial charge in [-0.3, -0.25) is 9.59 Å². The number of terminal acetylenes is 1. The first-order valence-corrected chi connectivity index (χ1v) is 19.8. The lowest BCUT2D eigenvalue weighted by atomic mass is 9.95. The molecule has 2 saturated heterocycles. The number of aliphatic hydroxyl groups is 4. The van der Waals surface area contributed by atoms with E-state index in [2.05, 4.69) is 33.0 Å². The quantitative estimate of drug-likeness (QED) is 0.0763.